The molecule has 2 heterocycles. The molecule has 1 unspecified atom stereocenters. The number of methoxy groups -OCH3 is 1. The van der Waals surface area contributed by atoms with E-state index in [1.165, 1.54) is 0 Å². The Morgan fingerprint density at radius 1 is 1.33 bits per heavy atom. The third-order valence-electron chi connectivity index (χ3n) is 5.16. The average molecular weight is 366 g/mol. The number of hydrogen-bond acceptors (Lipinski definition) is 5. The number of aromatic nitrogens is 1. The summed E-state index contributed by atoms with van der Waals surface area (Å²) in [5.74, 6) is 0.446. The predicted molar refractivity (Wildman–Crippen MR) is 102 cm³/mol. The normalized spacial score (nSPS) is 17.9. The van der Waals surface area contributed by atoms with Crippen LogP contribution in [0.2, 0.25) is 0 Å². The van der Waals surface area contributed by atoms with Crippen LogP contribution in [0.4, 0.5) is 0 Å². The molecule has 0 bridgehead atoms. The van der Waals surface area contributed by atoms with Crippen LogP contribution in [0.15, 0.2) is 47.0 Å². The molecule has 140 valence electrons. The highest BCUT2D eigenvalue weighted by atomic mass is 16.5. The van der Waals surface area contributed by atoms with Gasteiger partial charge in [-0.25, -0.2) is 0 Å². The van der Waals surface area contributed by atoms with Gasteiger partial charge in [-0.2, -0.15) is 0 Å². The average Bonchev–Trinajstić information content (AvgIpc) is 3.15. The summed E-state index contributed by atoms with van der Waals surface area (Å²) in [6, 6.07) is 14.0. The van der Waals surface area contributed by atoms with Gasteiger partial charge in [0.1, 0.15) is 11.4 Å². The number of ether oxygens (including phenoxy) is 1. The molecule has 0 amide bonds. The fraction of sp³-hybridized carbons (Fsp3) is 0.333. The number of benzene rings is 2. The summed E-state index contributed by atoms with van der Waals surface area (Å²) in [6.07, 6.45) is 1.62. The molecule has 1 aliphatic rings. The molecular weight excluding hydrogens is 344 g/mol. The maximum atomic E-state index is 11.3. The topological polar surface area (TPSA) is 75.8 Å². The van der Waals surface area contributed by atoms with E-state index in [4.69, 9.17) is 9.26 Å². The number of carboxylic acid groups (broad SMARTS) is 1. The summed E-state index contributed by atoms with van der Waals surface area (Å²) in [4.78, 5) is 13.4. The van der Waals surface area contributed by atoms with Crippen molar-refractivity contribution in [1.29, 1.82) is 0 Å². The molecule has 6 heteroatoms. The minimum absolute atomic E-state index is 0.306. The number of hydrogen-bond donors (Lipinski definition) is 1. The second-order valence-corrected chi connectivity index (χ2v) is 6.95. The van der Waals surface area contributed by atoms with Crippen molar-refractivity contribution in [3.05, 3.63) is 48.2 Å². The van der Waals surface area contributed by atoms with Gasteiger partial charge in [0.25, 0.3) is 0 Å². The first-order valence-electron chi connectivity index (χ1n) is 9.12. The molecule has 1 fully saturated rings. The zero-order valence-corrected chi connectivity index (χ0v) is 15.2. The minimum atomic E-state index is -0.724. The zero-order valence-electron chi connectivity index (χ0n) is 15.2. The first-order valence-corrected chi connectivity index (χ1v) is 9.12. The third kappa shape index (κ3) is 3.53. The highest BCUT2D eigenvalue weighted by molar-refractivity contribution is 5.98. The SMILES string of the molecule is COc1ccc2ccccc2c1-c1cc(CN2CCCC(C(=O)O)C2)on1. The van der Waals surface area contributed by atoms with Crippen molar-refractivity contribution in [1.82, 2.24) is 10.1 Å². The number of likely N-dealkylation sites (tertiary alicyclic amines) is 1. The first kappa shape index (κ1) is 17.5. The Balaban J connectivity index is 1.62. The Kier molecular flexibility index (Phi) is 4.81. The van der Waals surface area contributed by atoms with E-state index in [0.717, 1.165) is 52.9 Å². The van der Waals surface area contributed by atoms with Gasteiger partial charge in [0.2, 0.25) is 0 Å². The molecule has 0 saturated carbocycles. The Bertz CT molecular complexity index is 966. The van der Waals surface area contributed by atoms with E-state index in [2.05, 4.69) is 16.1 Å². The van der Waals surface area contributed by atoms with Gasteiger partial charge in [0.05, 0.1) is 25.1 Å². The van der Waals surface area contributed by atoms with Crippen LogP contribution in [0.5, 0.6) is 5.75 Å². The van der Waals surface area contributed by atoms with E-state index in [1.54, 1.807) is 7.11 Å². The van der Waals surface area contributed by atoms with Gasteiger partial charge in [-0.05, 0) is 36.2 Å². The van der Waals surface area contributed by atoms with Crippen molar-refractivity contribution in [2.24, 2.45) is 5.92 Å². The van der Waals surface area contributed by atoms with Crippen molar-refractivity contribution in [2.75, 3.05) is 20.2 Å². The molecule has 1 saturated heterocycles. The summed E-state index contributed by atoms with van der Waals surface area (Å²) in [7, 11) is 1.65. The molecule has 1 aromatic heterocycles. The van der Waals surface area contributed by atoms with Gasteiger partial charge in [-0.1, -0.05) is 35.5 Å². The Labute approximate surface area is 157 Å². The van der Waals surface area contributed by atoms with Gasteiger partial charge in [-0.15, -0.1) is 0 Å². The number of carboxylic acids is 1. The zero-order chi connectivity index (χ0) is 18.8. The summed E-state index contributed by atoms with van der Waals surface area (Å²) < 4.78 is 11.1. The second-order valence-electron chi connectivity index (χ2n) is 6.95. The van der Waals surface area contributed by atoms with Crippen LogP contribution in [0.25, 0.3) is 22.0 Å². The molecule has 6 nitrogen and oxygen atoms in total. The summed E-state index contributed by atoms with van der Waals surface area (Å²) in [6.45, 7) is 1.98. The number of fused-ring (bicyclic) bond motifs is 1. The Morgan fingerprint density at radius 3 is 3.00 bits per heavy atom. The molecule has 3 aromatic rings. The minimum Gasteiger partial charge on any atom is -0.496 e. The molecule has 1 aliphatic heterocycles. The molecule has 4 rings (SSSR count). The monoisotopic (exact) mass is 366 g/mol. The number of piperidine rings is 1. The van der Waals surface area contributed by atoms with Gasteiger partial charge in [0, 0.05) is 12.6 Å². The summed E-state index contributed by atoms with van der Waals surface area (Å²) >= 11 is 0. The van der Waals surface area contributed by atoms with Crippen LogP contribution in [0.1, 0.15) is 18.6 Å². The molecule has 27 heavy (non-hydrogen) atoms. The largest absolute Gasteiger partial charge is 0.496 e. The highest BCUT2D eigenvalue weighted by Crippen LogP contribution is 2.36. The Hall–Kier alpha value is -2.86. The molecular formula is C21H22N2O4. The van der Waals surface area contributed by atoms with Crippen LogP contribution in [-0.2, 0) is 11.3 Å². The standard InChI is InChI=1S/C21H22N2O4/c1-26-19-9-8-14-5-2-3-7-17(14)20(19)18-11-16(27-22-18)13-23-10-4-6-15(12-23)21(24)25/h2-3,5,7-9,11,15H,4,6,10,12-13H2,1H3,(H,24,25). The maximum Gasteiger partial charge on any atom is 0.307 e. The molecule has 2 aromatic carbocycles. The summed E-state index contributed by atoms with van der Waals surface area (Å²) in [5, 5.41) is 15.7. The lowest BCUT2D eigenvalue weighted by atomic mass is 9.98. The fourth-order valence-corrected chi connectivity index (χ4v) is 3.81. The van der Waals surface area contributed by atoms with Crippen LogP contribution in [0, 0.1) is 5.92 Å². The van der Waals surface area contributed by atoms with E-state index in [9.17, 15) is 9.90 Å². The first-order chi connectivity index (χ1) is 13.2. The maximum absolute atomic E-state index is 11.3. The number of nitrogens with zero attached hydrogens (tertiary/aromatic N) is 2. The molecule has 1 atom stereocenters. The van der Waals surface area contributed by atoms with Crippen molar-refractivity contribution in [3.63, 3.8) is 0 Å². The number of aliphatic carboxylic acids is 1. The fourth-order valence-electron chi connectivity index (χ4n) is 3.81. The van der Waals surface area contributed by atoms with Gasteiger partial charge >= 0.3 is 5.97 Å². The smallest absolute Gasteiger partial charge is 0.307 e. The van der Waals surface area contributed by atoms with Crippen LogP contribution >= 0.6 is 0 Å². The van der Waals surface area contributed by atoms with E-state index in [0.29, 0.717) is 13.1 Å². The molecule has 0 spiro atoms. The third-order valence-corrected chi connectivity index (χ3v) is 5.16. The predicted octanol–water partition coefficient (Wildman–Crippen LogP) is 3.80. The van der Waals surface area contributed by atoms with Crippen molar-refractivity contribution in [3.8, 4) is 17.0 Å². The Morgan fingerprint density at radius 2 is 2.19 bits per heavy atom. The summed E-state index contributed by atoms with van der Waals surface area (Å²) in [5.41, 5.74) is 1.64. The van der Waals surface area contributed by atoms with Crippen LogP contribution < -0.4 is 4.74 Å². The molecule has 0 radical (unpaired) electrons. The second kappa shape index (κ2) is 7.40. The van der Waals surface area contributed by atoms with Gasteiger partial charge in [0.15, 0.2) is 5.76 Å². The van der Waals surface area contributed by atoms with Gasteiger partial charge < -0.3 is 14.4 Å². The van der Waals surface area contributed by atoms with Crippen molar-refractivity contribution in [2.45, 2.75) is 19.4 Å². The van der Waals surface area contributed by atoms with Gasteiger partial charge in [-0.3, -0.25) is 9.69 Å². The van der Waals surface area contributed by atoms with E-state index < -0.39 is 5.97 Å². The van der Waals surface area contributed by atoms with Crippen LogP contribution in [-0.4, -0.2) is 41.3 Å². The van der Waals surface area contributed by atoms with Crippen molar-refractivity contribution >= 4 is 16.7 Å². The van der Waals surface area contributed by atoms with E-state index in [-0.39, 0.29) is 5.92 Å². The molecule has 0 aliphatic carbocycles. The quantitative estimate of drug-likeness (QED) is 0.740. The molecule has 1 N–H and O–H groups in total. The lowest BCUT2D eigenvalue weighted by Crippen LogP contribution is -2.38. The van der Waals surface area contributed by atoms with E-state index >= 15 is 0 Å². The van der Waals surface area contributed by atoms with Crippen LogP contribution in [0.3, 0.4) is 0 Å². The van der Waals surface area contributed by atoms with E-state index in [1.807, 2.05) is 36.4 Å². The number of rotatable bonds is 5. The number of carbonyl (C=O) groups is 1. The lowest BCUT2D eigenvalue weighted by molar-refractivity contribution is -0.143. The highest BCUT2D eigenvalue weighted by Gasteiger charge is 2.26. The van der Waals surface area contributed by atoms with Crippen molar-refractivity contribution < 1.29 is 19.2 Å². The lowest BCUT2D eigenvalue weighted by Gasteiger charge is -2.29.